The summed E-state index contributed by atoms with van der Waals surface area (Å²) >= 11 is 1.43. The number of rotatable bonds is 6. The van der Waals surface area contributed by atoms with Crippen molar-refractivity contribution in [2.75, 3.05) is 13.7 Å². The fourth-order valence-corrected chi connectivity index (χ4v) is 6.10. The lowest BCUT2D eigenvalue weighted by Gasteiger charge is -2.31. The van der Waals surface area contributed by atoms with E-state index in [2.05, 4.69) is 36.9 Å². The summed E-state index contributed by atoms with van der Waals surface area (Å²) in [4.78, 5) is 19.7. The smallest absolute Gasteiger partial charge is 0.271 e. The monoisotopic (exact) mass is 506 g/mol. The lowest BCUT2D eigenvalue weighted by atomic mass is 9.83. The van der Waals surface area contributed by atoms with Crippen LogP contribution < -0.4 is 24.4 Å². The van der Waals surface area contributed by atoms with Crippen LogP contribution in [0.15, 0.2) is 101 Å². The second-order valence-electron chi connectivity index (χ2n) is 9.06. The molecule has 6 heteroatoms. The Hall–Kier alpha value is -4.16. The Bertz CT molecular complexity index is 1710. The van der Waals surface area contributed by atoms with Crippen molar-refractivity contribution in [3.63, 3.8) is 0 Å². The largest absolute Gasteiger partial charge is 0.497 e. The van der Waals surface area contributed by atoms with E-state index in [0.29, 0.717) is 15.9 Å². The lowest BCUT2D eigenvalue weighted by molar-refractivity contribution is 0.363. The first-order chi connectivity index (χ1) is 18.2. The van der Waals surface area contributed by atoms with Gasteiger partial charge in [-0.05, 0) is 65.4 Å². The summed E-state index contributed by atoms with van der Waals surface area (Å²) in [6.07, 6.45) is 5.43. The summed E-state index contributed by atoms with van der Waals surface area (Å²) in [6, 6.07) is 24.0. The number of hydrogen-bond donors (Lipinski definition) is 0. The van der Waals surface area contributed by atoms with Crippen LogP contribution in [-0.2, 0) is 6.42 Å². The third-order valence-electron chi connectivity index (χ3n) is 6.83. The van der Waals surface area contributed by atoms with Gasteiger partial charge in [-0.1, -0.05) is 72.5 Å². The predicted octanol–water partition coefficient (Wildman–Crippen LogP) is 4.89. The van der Waals surface area contributed by atoms with Crippen LogP contribution in [0.5, 0.6) is 11.5 Å². The number of hydrogen-bond acceptors (Lipinski definition) is 5. The van der Waals surface area contributed by atoms with Gasteiger partial charge in [-0.2, -0.15) is 0 Å². The third kappa shape index (κ3) is 4.23. The third-order valence-corrected chi connectivity index (χ3v) is 7.81. The summed E-state index contributed by atoms with van der Waals surface area (Å²) in [7, 11) is 1.67. The molecule has 1 aliphatic carbocycles. The summed E-state index contributed by atoms with van der Waals surface area (Å²) in [6.45, 7) is 4.14. The van der Waals surface area contributed by atoms with E-state index in [1.807, 2.05) is 53.1 Å². The van der Waals surface area contributed by atoms with Crippen molar-refractivity contribution in [1.29, 1.82) is 0 Å². The molecule has 0 radical (unpaired) electrons. The highest BCUT2D eigenvalue weighted by atomic mass is 32.1. The van der Waals surface area contributed by atoms with Gasteiger partial charge in [-0.15, -0.1) is 0 Å². The molecule has 0 N–H and O–H groups in total. The molecule has 0 fully saturated rings. The first-order valence-corrected chi connectivity index (χ1v) is 13.1. The molecule has 4 aromatic rings. The highest BCUT2D eigenvalue weighted by molar-refractivity contribution is 7.07. The van der Waals surface area contributed by atoms with E-state index in [1.165, 1.54) is 22.5 Å². The summed E-state index contributed by atoms with van der Waals surface area (Å²) in [5, 5.41) is 0. The maximum atomic E-state index is 13.9. The zero-order valence-electron chi connectivity index (χ0n) is 20.5. The van der Waals surface area contributed by atoms with Gasteiger partial charge in [0.1, 0.15) is 18.1 Å². The Morgan fingerprint density at radius 1 is 1.05 bits per heavy atom. The molecule has 1 aliphatic heterocycles. The molecule has 0 spiro atoms. The van der Waals surface area contributed by atoms with Crippen molar-refractivity contribution in [3.8, 4) is 11.5 Å². The Morgan fingerprint density at radius 3 is 2.70 bits per heavy atom. The fourth-order valence-electron chi connectivity index (χ4n) is 5.10. The number of nitrogens with zero attached hydrogens (tertiary/aromatic N) is 2. The van der Waals surface area contributed by atoms with Gasteiger partial charge < -0.3 is 9.47 Å². The number of thiazole rings is 1. The van der Waals surface area contributed by atoms with E-state index in [4.69, 9.17) is 14.5 Å². The van der Waals surface area contributed by atoms with Crippen molar-refractivity contribution in [2.24, 2.45) is 4.99 Å². The van der Waals surface area contributed by atoms with Crippen LogP contribution in [0, 0.1) is 0 Å². The highest BCUT2D eigenvalue weighted by Crippen LogP contribution is 2.41. The van der Waals surface area contributed by atoms with Crippen LogP contribution in [0.4, 0.5) is 0 Å². The fraction of sp³-hybridized carbons (Fsp3) is 0.161. The van der Waals surface area contributed by atoms with Crippen LogP contribution in [0.2, 0.25) is 0 Å². The van der Waals surface area contributed by atoms with Gasteiger partial charge in [0, 0.05) is 5.56 Å². The molecule has 1 atom stereocenters. The van der Waals surface area contributed by atoms with Crippen LogP contribution in [0.3, 0.4) is 0 Å². The summed E-state index contributed by atoms with van der Waals surface area (Å²) < 4.78 is 13.6. The topological polar surface area (TPSA) is 52.8 Å². The van der Waals surface area contributed by atoms with E-state index < -0.39 is 0 Å². The Labute approximate surface area is 219 Å². The number of allylic oxidation sites excluding steroid dienone is 1. The van der Waals surface area contributed by atoms with Crippen LogP contribution >= 0.6 is 11.3 Å². The van der Waals surface area contributed by atoms with Gasteiger partial charge in [0.2, 0.25) is 0 Å². The van der Waals surface area contributed by atoms with E-state index >= 15 is 0 Å². The molecule has 6 rings (SSSR count). The molecule has 5 nitrogen and oxygen atoms in total. The Balaban J connectivity index is 1.53. The van der Waals surface area contributed by atoms with Crippen molar-refractivity contribution in [3.05, 3.63) is 133 Å². The molecular weight excluding hydrogens is 480 g/mol. The minimum atomic E-state index is -0.230. The number of methoxy groups -OCH3 is 1. The summed E-state index contributed by atoms with van der Waals surface area (Å²) in [5.41, 5.74) is 6.55. The van der Waals surface area contributed by atoms with Gasteiger partial charge in [-0.25, -0.2) is 4.99 Å². The Kier molecular flexibility index (Phi) is 6.10. The maximum Gasteiger partial charge on any atom is 0.271 e. The quantitative estimate of drug-likeness (QED) is 0.350. The normalized spacial score (nSPS) is 16.4. The van der Waals surface area contributed by atoms with Crippen molar-refractivity contribution in [1.82, 2.24) is 4.57 Å². The molecular formula is C31H26N2O3S. The van der Waals surface area contributed by atoms with E-state index in [-0.39, 0.29) is 11.6 Å². The molecule has 37 heavy (non-hydrogen) atoms. The second-order valence-corrected chi connectivity index (χ2v) is 10.1. The maximum absolute atomic E-state index is 13.9. The van der Waals surface area contributed by atoms with E-state index in [9.17, 15) is 4.79 Å². The van der Waals surface area contributed by atoms with Crippen LogP contribution in [0.1, 0.15) is 34.7 Å². The molecule has 0 saturated heterocycles. The predicted molar refractivity (Wildman–Crippen MR) is 148 cm³/mol. The number of aromatic nitrogens is 1. The molecule has 1 aromatic heterocycles. The van der Waals surface area contributed by atoms with Crippen molar-refractivity contribution >= 4 is 23.1 Å². The first kappa shape index (κ1) is 23.3. The molecule has 0 saturated carbocycles. The van der Waals surface area contributed by atoms with Crippen LogP contribution in [0.25, 0.3) is 11.8 Å². The van der Waals surface area contributed by atoms with Gasteiger partial charge in [-0.3, -0.25) is 9.36 Å². The zero-order chi connectivity index (χ0) is 25.4. The van der Waals surface area contributed by atoms with Gasteiger partial charge in [0.15, 0.2) is 4.80 Å². The van der Waals surface area contributed by atoms with Crippen molar-refractivity contribution in [2.45, 2.75) is 18.9 Å². The number of fused-ring (bicyclic) bond motifs is 3. The van der Waals surface area contributed by atoms with E-state index in [0.717, 1.165) is 46.7 Å². The standard InChI is InChI=1S/C31H26N2O3S/c1-3-17-36-23-14-11-20(12-15-23)18-27-30(34)33-29(22-8-6-9-24(19-22)35-2)26-16-13-21-7-4-5-10-25(21)28(26)32-31(33)37-27/h3-12,14-15,18-19,29H,1,13,16-17H2,2H3. The lowest BCUT2D eigenvalue weighted by Crippen LogP contribution is -2.38. The average Bonchev–Trinajstić information content (AvgIpc) is 3.25. The van der Waals surface area contributed by atoms with Gasteiger partial charge in [0.25, 0.3) is 5.56 Å². The molecule has 1 unspecified atom stereocenters. The number of ether oxygens (including phenoxy) is 2. The molecule has 0 amide bonds. The van der Waals surface area contributed by atoms with E-state index in [1.54, 1.807) is 13.2 Å². The zero-order valence-corrected chi connectivity index (χ0v) is 21.3. The average molecular weight is 507 g/mol. The minimum absolute atomic E-state index is 0.0334. The van der Waals surface area contributed by atoms with Gasteiger partial charge in [0.05, 0.1) is 23.4 Å². The Morgan fingerprint density at radius 2 is 1.89 bits per heavy atom. The van der Waals surface area contributed by atoms with Crippen LogP contribution in [-0.4, -0.2) is 18.3 Å². The van der Waals surface area contributed by atoms with Crippen molar-refractivity contribution < 1.29 is 9.47 Å². The number of aryl methyl sites for hydroxylation is 1. The minimum Gasteiger partial charge on any atom is -0.497 e. The molecule has 2 aliphatic rings. The highest BCUT2D eigenvalue weighted by Gasteiger charge is 2.32. The molecule has 3 aromatic carbocycles. The second kappa shape index (κ2) is 9.71. The molecule has 0 bridgehead atoms. The summed E-state index contributed by atoms with van der Waals surface area (Å²) in [5.74, 6) is 1.54. The van der Waals surface area contributed by atoms with Gasteiger partial charge >= 0.3 is 0 Å². The molecule has 184 valence electrons. The SMILES string of the molecule is C=CCOc1ccc(C=c2sc3n(c2=O)C(c2cccc(OC)c2)C2=C(N=3)c3ccccc3CC2)cc1. The number of benzene rings is 3. The first-order valence-electron chi connectivity index (χ1n) is 12.3. The molecule has 2 heterocycles.